The van der Waals surface area contributed by atoms with E-state index >= 15 is 0 Å². The lowest BCUT2D eigenvalue weighted by atomic mass is 9.82. The molecule has 1 amide bonds. The molecule has 1 atom stereocenters. The fourth-order valence-corrected chi connectivity index (χ4v) is 3.03. The highest BCUT2D eigenvalue weighted by atomic mass is 16.6. The second-order valence-corrected chi connectivity index (χ2v) is 10.3. The molecule has 0 bridgehead atoms. The predicted molar refractivity (Wildman–Crippen MR) is 124 cm³/mol. The molecule has 8 heteroatoms. The summed E-state index contributed by atoms with van der Waals surface area (Å²) in [4.78, 5) is 14.1. The highest BCUT2D eigenvalue weighted by Gasteiger charge is 2.35. The molecule has 1 unspecified atom stereocenters. The van der Waals surface area contributed by atoms with Crippen LogP contribution in [0.1, 0.15) is 61.3 Å². The van der Waals surface area contributed by atoms with Gasteiger partial charge in [0.05, 0.1) is 23.5 Å². The van der Waals surface area contributed by atoms with Crippen molar-refractivity contribution in [2.45, 2.75) is 78.1 Å². The van der Waals surface area contributed by atoms with Crippen molar-refractivity contribution in [2.24, 2.45) is 5.92 Å². The number of ether oxygens (including phenoxy) is 2. The van der Waals surface area contributed by atoms with Crippen molar-refractivity contribution in [1.29, 1.82) is 0 Å². The SMILES string of the molecule is CC(C)(C)OC(=O)N1CCCC(COc2ccc([B]OC(C)(C)C(C)(C)O)cc2N)C1. The molecule has 1 aliphatic heterocycles. The molecule has 0 saturated carbocycles. The molecule has 1 fully saturated rings. The molecule has 1 heterocycles. The van der Waals surface area contributed by atoms with Crippen molar-refractivity contribution in [2.75, 3.05) is 25.4 Å². The lowest BCUT2D eigenvalue weighted by Crippen LogP contribution is -2.49. The number of hydrogen-bond acceptors (Lipinski definition) is 6. The van der Waals surface area contributed by atoms with Crippen LogP contribution in [-0.4, -0.2) is 60.1 Å². The van der Waals surface area contributed by atoms with E-state index < -0.39 is 16.8 Å². The molecule has 31 heavy (non-hydrogen) atoms. The molecule has 0 aromatic heterocycles. The van der Waals surface area contributed by atoms with Crippen LogP contribution >= 0.6 is 0 Å². The molecule has 1 aromatic rings. The standard InChI is InChI=1S/C23H38BN2O5/c1-21(2,3)30-20(27)26-12-8-9-16(14-26)15-29-19-11-10-17(13-18(19)25)24-31-23(6,7)22(4,5)28/h10-11,13,16,28H,8-9,12,14-15,25H2,1-7H3. The van der Waals surface area contributed by atoms with E-state index in [9.17, 15) is 9.90 Å². The van der Waals surface area contributed by atoms with Crippen LogP contribution in [0.3, 0.4) is 0 Å². The van der Waals surface area contributed by atoms with Gasteiger partial charge in [-0.15, -0.1) is 0 Å². The summed E-state index contributed by atoms with van der Waals surface area (Å²) in [6.45, 7) is 14.5. The fraction of sp³-hybridized carbons (Fsp3) is 0.696. The highest BCUT2D eigenvalue weighted by Crippen LogP contribution is 2.26. The Balaban J connectivity index is 1.89. The lowest BCUT2D eigenvalue weighted by Gasteiger charge is -2.37. The molecule has 1 aliphatic rings. The maximum atomic E-state index is 12.3. The van der Waals surface area contributed by atoms with Gasteiger partial charge < -0.3 is 29.9 Å². The summed E-state index contributed by atoms with van der Waals surface area (Å²) >= 11 is 0. The molecule has 0 spiro atoms. The summed E-state index contributed by atoms with van der Waals surface area (Å²) in [5.74, 6) is 0.830. The van der Waals surface area contributed by atoms with Gasteiger partial charge in [0.25, 0.3) is 0 Å². The Kier molecular flexibility index (Phi) is 7.92. The second-order valence-electron chi connectivity index (χ2n) is 10.3. The number of likely N-dealkylation sites (tertiary alicyclic amines) is 1. The van der Waals surface area contributed by atoms with E-state index in [0.29, 0.717) is 31.1 Å². The first-order valence-corrected chi connectivity index (χ1v) is 10.9. The van der Waals surface area contributed by atoms with Crippen molar-refractivity contribution in [3.05, 3.63) is 18.2 Å². The predicted octanol–water partition coefficient (Wildman–Crippen LogP) is 3.11. The molecule has 1 saturated heterocycles. The first-order valence-electron chi connectivity index (χ1n) is 10.9. The van der Waals surface area contributed by atoms with Crippen LogP contribution < -0.4 is 15.9 Å². The number of hydrogen-bond donors (Lipinski definition) is 2. The molecule has 1 aromatic carbocycles. The van der Waals surface area contributed by atoms with Gasteiger partial charge in [-0.05, 0) is 73.4 Å². The Hall–Kier alpha value is -1.93. The number of benzene rings is 1. The Morgan fingerprint density at radius 2 is 1.90 bits per heavy atom. The zero-order valence-electron chi connectivity index (χ0n) is 20.0. The molecule has 3 N–H and O–H groups in total. The van der Waals surface area contributed by atoms with Crippen molar-refractivity contribution in [3.63, 3.8) is 0 Å². The van der Waals surface area contributed by atoms with Gasteiger partial charge in [0.1, 0.15) is 11.4 Å². The zero-order chi connectivity index (χ0) is 23.4. The van der Waals surface area contributed by atoms with Gasteiger partial charge in [-0.25, -0.2) is 4.79 Å². The Morgan fingerprint density at radius 1 is 1.23 bits per heavy atom. The number of amides is 1. The van der Waals surface area contributed by atoms with Crippen molar-refractivity contribution in [1.82, 2.24) is 4.90 Å². The van der Waals surface area contributed by atoms with Crippen LogP contribution in [0.5, 0.6) is 5.75 Å². The van der Waals surface area contributed by atoms with Crippen molar-refractivity contribution < 1.29 is 24.0 Å². The van der Waals surface area contributed by atoms with Gasteiger partial charge in [-0.1, -0.05) is 11.5 Å². The highest BCUT2D eigenvalue weighted by molar-refractivity contribution is 6.47. The van der Waals surface area contributed by atoms with Crippen LogP contribution in [0.4, 0.5) is 10.5 Å². The van der Waals surface area contributed by atoms with Gasteiger partial charge in [0, 0.05) is 19.0 Å². The Bertz CT molecular complexity index is 755. The van der Waals surface area contributed by atoms with Gasteiger partial charge in [-0.3, -0.25) is 0 Å². The van der Waals surface area contributed by atoms with E-state index in [1.807, 2.05) is 46.8 Å². The number of rotatable bonds is 7. The number of nitrogens with two attached hydrogens (primary N) is 1. The number of carbonyl (C=O) groups is 1. The van der Waals surface area contributed by atoms with E-state index in [1.165, 1.54) is 0 Å². The third kappa shape index (κ3) is 7.61. The number of aliphatic hydroxyl groups is 1. The van der Waals surface area contributed by atoms with Crippen LogP contribution in [0.15, 0.2) is 18.2 Å². The third-order valence-corrected chi connectivity index (χ3v) is 5.64. The number of nitrogen functional groups attached to an aromatic ring is 1. The summed E-state index contributed by atoms with van der Waals surface area (Å²) in [5, 5.41) is 10.2. The first-order chi connectivity index (χ1) is 14.2. The molecule has 1 radical (unpaired) electrons. The van der Waals surface area contributed by atoms with Gasteiger partial charge >= 0.3 is 13.6 Å². The van der Waals surface area contributed by atoms with Crippen LogP contribution in [-0.2, 0) is 9.39 Å². The maximum Gasteiger partial charge on any atom is 0.410 e. The Morgan fingerprint density at radius 3 is 2.48 bits per heavy atom. The molecular formula is C23H38BN2O5. The zero-order valence-corrected chi connectivity index (χ0v) is 20.0. The molecular weight excluding hydrogens is 395 g/mol. The third-order valence-electron chi connectivity index (χ3n) is 5.64. The molecule has 173 valence electrons. The average Bonchev–Trinajstić information content (AvgIpc) is 2.63. The van der Waals surface area contributed by atoms with Crippen LogP contribution in [0, 0.1) is 5.92 Å². The van der Waals surface area contributed by atoms with Gasteiger partial charge in [0.2, 0.25) is 0 Å². The molecule has 2 rings (SSSR count). The summed E-state index contributed by atoms with van der Waals surface area (Å²) in [6, 6.07) is 5.46. The van der Waals surface area contributed by atoms with E-state index in [2.05, 4.69) is 0 Å². The number of piperidine rings is 1. The second kappa shape index (κ2) is 9.69. The summed E-state index contributed by atoms with van der Waals surface area (Å²) < 4.78 is 17.2. The van der Waals surface area contributed by atoms with Crippen molar-refractivity contribution in [3.8, 4) is 5.75 Å². The minimum atomic E-state index is -0.995. The largest absolute Gasteiger partial charge is 0.491 e. The monoisotopic (exact) mass is 433 g/mol. The van der Waals surface area contributed by atoms with E-state index in [-0.39, 0.29) is 12.0 Å². The molecule has 0 aliphatic carbocycles. The van der Waals surface area contributed by atoms with Crippen molar-refractivity contribution >= 4 is 24.7 Å². The number of anilines is 1. The minimum Gasteiger partial charge on any atom is -0.491 e. The first kappa shape index (κ1) is 25.3. The van der Waals surface area contributed by atoms with E-state index in [0.717, 1.165) is 18.3 Å². The van der Waals surface area contributed by atoms with Crippen LogP contribution in [0.2, 0.25) is 0 Å². The lowest BCUT2D eigenvalue weighted by molar-refractivity contribution is -0.0893. The van der Waals surface area contributed by atoms with Gasteiger partial charge in [0.15, 0.2) is 0 Å². The minimum absolute atomic E-state index is 0.225. The fourth-order valence-electron chi connectivity index (χ4n) is 3.03. The summed E-state index contributed by atoms with van der Waals surface area (Å²) in [5.41, 5.74) is 5.23. The molecule has 7 nitrogen and oxygen atoms in total. The van der Waals surface area contributed by atoms with E-state index in [1.54, 1.807) is 32.3 Å². The number of carbonyl (C=O) groups excluding carboxylic acids is 1. The quantitative estimate of drug-likeness (QED) is 0.507. The smallest absolute Gasteiger partial charge is 0.410 e. The van der Waals surface area contributed by atoms with Crippen LogP contribution in [0.25, 0.3) is 0 Å². The summed E-state index contributed by atoms with van der Waals surface area (Å²) in [7, 11) is 1.60. The number of nitrogens with zero attached hydrogens (tertiary/aromatic N) is 1. The average molecular weight is 433 g/mol. The maximum absolute atomic E-state index is 12.3. The van der Waals surface area contributed by atoms with E-state index in [4.69, 9.17) is 19.9 Å². The van der Waals surface area contributed by atoms with Gasteiger partial charge in [-0.2, -0.15) is 0 Å². The topological polar surface area (TPSA) is 94.2 Å². The normalized spacial score (nSPS) is 17.9. The Labute approximate surface area is 187 Å². The summed E-state index contributed by atoms with van der Waals surface area (Å²) in [6.07, 6.45) is 1.64.